The first kappa shape index (κ1) is 14.2. The molecule has 1 aromatic carbocycles. The van der Waals surface area contributed by atoms with Gasteiger partial charge in [0.15, 0.2) is 0 Å². The van der Waals surface area contributed by atoms with Crippen LogP contribution in [0.1, 0.15) is 11.4 Å². The van der Waals surface area contributed by atoms with Gasteiger partial charge in [0.2, 0.25) is 0 Å². The number of nitrogens with zero attached hydrogens (tertiary/aromatic N) is 2. The largest absolute Gasteiger partial charge is 0.496 e. The van der Waals surface area contributed by atoms with E-state index in [1.165, 1.54) is 0 Å². The molecule has 0 unspecified atom stereocenters. The fraction of sp³-hybridized carbons (Fsp3) is 0.250. The Morgan fingerprint density at radius 2 is 2.15 bits per heavy atom. The van der Waals surface area contributed by atoms with E-state index in [1.54, 1.807) is 19.4 Å². The van der Waals surface area contributed by atoms with Crippen molar-refractivity contribution in [2.45, 2.75) is 13.5 Å². The second-order valence-corrected chi connectivity index (χ2v) is 4.32. The summed E-state index contributed by atoms with van der Waals surface area (Å²) in [6, 6.07) is 7.84. The predicted octanol–water partition coefficient (Wildman–Crippen LogP) is 3.16. The summed E-state index contributed by atoms with van der Waals surface area (Å²) in [5.74, 6) is 1.56. The normalized spacial score (nSPS) is 10.3. The van der Waals surface area contributed by atoms with Crippen LogP contribution in [0.15, 0.2) is 43.1 Å². The van der Waals surface area contributed by atoms with Crippen molar-refractivity contribution in [2.24, 2.45) is 0 Å². The molecule has 0 bridgehead atoms. The molecule has 4 heteroatoms. The molecule has 1 aromatic heterocycles. The maximum Gasteiger partial charge on any atom is 0.125 e. The molecule has 2 rings (SSSR count). The van der Waals surface area contributed by atoms with Gasteiger partial charge in [0.05, 0.1) is 26.0 Å². The Kier molecular flexibility index (Phi) is 4.85. The molecule has 0 aliphatic rings. The summed E-state index contributed by atoms with van der Waals surface area (Å²) in [7, 11) is 1.65. The average molecular weight is 270 g/mol. The molecular weight excluding hydrogens is 252 g/mol. The Morgan fingerprint density at radius 3 is 2.85 bits per heavy atom. The molecule has 0 saturated heterocycles. The first-order valence-corrected chi connectivity index (χ1v) is 6.40. The molecule has 4 nitrogen and oxygen atoms in total. The minimum absolute atomic E-state index is 0.479. The number of aromatic nitrogens is 2. The van der Waals surface area contributed by atoms with Crippen LogP contribution in [0.5, 0.6) is 5.75 Å². The Morgan fingerprint density at radius 1 is 1.30 bits per heavy atom. The molecule has 0 radical (unpaired) electrons. The highest BCUT2D eigenvalue weighted by Crippen LogP contribution is 2.26. The number of hydrogen-bond acceptors (Lipinski definition) is 4. The average Bonchev–Trinajstić information content (AvgIpc) is 2.47. The molecule has 0 atom stereocenters. The van der Waals surface area contributed by atoms with Gasteiger partial charge in [-0.2, -0.15) is 0 Å². The minimum Gasteiger partial charge on any atom is -0.496 e. The first-order valence-electron chi connectivity index (χ1n) is 6.40. The van der Waals surface area contributed by atoms with Gasteiger partial charge in [0.25, 0.3) is 0 Å². The van der Waals surface area contributed by atoms with E-state index in [0.29, 0.717) is 13.2 Å². The summed E-state index contributed by atoms with van der Waals surface area (Å²) in [5, 5.41) is 0. The lowest BCUT2D eigenvalue weighted by Gasteiger charge is -2.11. The van der Waals surface area contributed by atoms with Crippen LogP contribution < -0.4 is 4.74 Å². The fourth-order valence-electron chi connectivity index (χ4n) is 1.92. The van der Waals surface area contributed by atoms with Gasteiger partial charge >= 0.3 is 0 Å². The van der Waals surface area contributed by atoms with Crippen molar-refractivity contribution < 1.29 is 9.47 Å². The standard InChI is InChI=1S/C16H18N2O2/c1-4-9-20-11-14-10-13(5-6-16(14)19-3)15-7-8-17-12(2)18-15/h4-8,10H,1,9,11H2,2-3H3. The molecule has 1 heterocycles. The van der Waals surface area contributed by atoms with Gasteiger partial charge in [-0.25, -0.2) is 9.97 Å². The van der Waals surface area contributed by atoms with Crippen LogP contribution in [-0.4, -0.2) is 23.7 Å². The van der Waals surface area contributed by atoms with Gasteiger partial charge in [-0.3, -0.25) is 0 Å². The molecule has 2 aromatic rings. The lowest BCUT2D eigenvalue weighted by Crippen LogP contribution is -1.98. The molecule has 0 aliphatic heterocycles. The topological polar surface area (TPSA) is 44.2 Å². The number of methoxy groups -OCH3 is 1. The third-order valence-corrected chi connectivity index (χ3v) is 2.85. The smallest absolute Gasteiger partial charge is 0.125 e. The molecule has 0 fully saturated rings. The Labute approximate surface area is 119 Å². The van der Waals surface area contributed by atoms with Crippen molar-refractivity contribution in [3.8, 4) is 17.0 Å². The summed E-state index contributed by atoms with van der Waals surface area (Å²) >= 11 is 0. The van der Waals surface area contributed by atoms with Crippen molar-refractivity contribution in [1.82, 2.24) is 9.97 Å². The zero-order chi connectivity index (χ0) is 14.4. The van der Waals surface area contributed by atoms with E-state index >= 15 is 0 Å². The van der Waals surface area contributed by atoms with Crippen molar-refractivity contribution in [3.63, 3.8) is 0 Å². The molecule has 0 saturated carbocycles. The highest BCUT2D eigenvalue weighted by atomic mass is 16.5. The van der Waals surface area contributed by atoms with Gasteiger partial charge in [0, 0.05) is 17.3 Å². The Balaban J connectivity index is 2.31. The lowest BCUT2D eigenvalue weighted by atomic mass is 10.1. The zero-order valence-electron chi connectivity index (χ0n) is 11.8. The molecule has 20 heavy (non-hydrogen) atoms. The van der Waals surface area contributed by atoms with Gasteiger partial charge in [-0.15, -0.1) is 6.58 Å². The quantitative estimate of drug-likeness (QED) is 0.597. The van der Waals surface area contributed by atoms with E-state index in [2.05, 4.69) is 16.5 Å². The van der Waals surface area contributed by atoms with Gasteiger partial charge in [-0.1, -0.05) is 6.08 Å². The highest BCUT2D eigenvalue weighted by molar-refractivity contribution is 5.61. The fourth-order valence-corrected chi connectivity index (χ4v) is 1.92. The summed E-state index contributed by atoms with van der Waals surface area (Å²) in [5.41, 5.74) is 2.90. The van der Waals surface area contributed by atoms with E-state index in [4.69, 9.17) is 9.47 Å². The molecule has 0 N–H and O–H groups in total. The van der Waals surface area contributed by atoms with E-state index in [9.17, 15) is 0 Å². The second kappa shape index (κ2) is 6.82. The number of ether oxygens (including phenoxy) is 2. The van der Waals surface area contributed by atoms with Crippen molar-refractivity contribution >= 4 is 0 Å². The number of aryl methyl sites for hydroxylation is 1. The van der Waals surface area contributed by atoms with Crippen LogP contribution in [0, 0.1) is 6.92 Å². The molecular formula is C16H18N2O2. The van der Waals surface area contributed by atoms with Gasteiger partial charge in [-0.05, 0) is 31.2 Å². The molecule has 0 aliphatic carbocycles. The van der Waals surface area contributed by atoms with Crippen LogP contribution in [0.3, 0.4) is 0 Å². The number of benzene rings is 1. The van der Waals surface area contributed by atoms with Crippen LogP contribution in [-0.2, 0) is 11.3 Å². The Hall–Kier alpha value is -2.20. The molecule has 0 amide bonds. The third-order valence-electron chi connectivity index (χ3n) is 2.85. The SMILES string of the molecule is C=CCOCc1cc(-c2ccnc(C)n2)ccc1OC. The summed E-state index contributed by atoms with van der Waals surface area (Å²) < 4.78 is 10.8. The van der Waals surface area contributed by atoms with E-state index in [-0.39, 0.29) is 0 Å². The maximum atomic E-state index is 5.50. The highest BCUT2D eigenvalue weighted by Gasteiger charge is 2.07. The maximum absolute atomic E-state index is 5.50. The van der Waals surface area contributed by atoms with E-state index in [1.807, 2.05) is 31.2 Å². The van der Waals surface area contributed by atoms with Crippen LogP contribution in [0.25, 0.3) is 11.3 Å². The lowest BCUT2D eigenvalue weighted by molar-refractivity contribution is 0.146. The molecule has 104 valence electrons. The van der Waals surface area contributed by atoms with Crippen LogP contribution in [0.4, 0.5) is 0 Å². The monoisotopic (exact) mass is 270 g/mol. The van der Waals surface area contributed by atoms with Crippen LogP contribution >= 0.6 is 0 Å². The number of rotatable bonds is 6. The summed E-state index contributed by atoms with van der Waals surface area (Å²) in [6.07, 6.45) is 3.49. The number of hydrogen-bond donors (Lipinski definition) is 0. The van der Waals surface area contributed by atoms with Gasteiger partial charge < -0.3 is 9.47 Å². The van der Waals surface area contributed by atoms with Gasteiger partial charge in [0.1, 0.15) is 11.6 Å². The molecule has 0 spiro atoms. The predicted molar refractivity (Wildman–Crippen MR) is 78.6 cm³/mol. The van der Waals surface area contributed by atoms with E-state index < -0.39 is 0 Å². The van der Waals surface area contributed by atoms with Crippen molar-refractivity contribution in [3.05, 3.63) is 54.5 Å². The summed E-state index contributed by atoms with van der Waals surface area (Å²) in [6.45, 7) is 6.51. The van der Waals surface area contributed by atoms with E-state index in [0.717, 1.165) is 28.4 Å². The first-order chi connectivity index (χ1) is 9.74. The second-order valence-electron chi connectivity index (χ2n) is 4.32. The van der Waals surface area contributed by atoms with Crippen molar-refractivity contribution in [2.75, 3.05) is 13.7 Å². The minimum atomic E-state index is 0.479. The van der Waals surface area contributed by atoms with Crippen molar-refractivity contribution in [1.29, 1.82) is 0 Å². The summed E-state index contributed by atoms with van der Waals surface area (Å²) in [4.78, 5) is 8.54. The third kappa shape index (κ3) is 3.42. The van der Waals surface area contributed by atoms with Crippen LogP contribution in [0.2, 0.25) is 0 Å². The zero-order valence-corrected chi connectivity index (χ0v) is 11.8. The Bertz CT molecular complexity index is 597.